The molecule has 0 amide bonds. The van der Waals surface area contributed by atoms with Gasteiger partial charge in [0.2, 0.25) is 5.78 Å². The molecule has 0 saturated heterocycles. The van der Waals surface area contributed by atoms with E-state index >= 15 is 0 Å². The summed E-state index contributed by atoms with van der Waals surface area (Å²) in [5.74, 6) is 0.342. The molecule has 0 saturated carbocycles. The molecule has 0 spiro atoms. The van der Waals surface area contributed by atoms with Crippen LogP contribution < -0.4 is 11.2 Å². The molecule has 2 aromatic carbocycles. The van der Waals surface area contributed by atoms with Crippen molar-refractivity contribution in [2.24, 2.45) is 0 Å². The van der Waals surface area contributed by atoms with Crippen LogP contribution in [0.2, 0.25) is 5.02 Å². The number of aryl methyl sites for hydroxylation is 1. The molecule has 5 rings (SSSR count). The van der Waals surface area contributed by atoms with Gasteiger partial charge in [-0.15, -0.1) is 16.4 Å². The largest absolute Gasteiger partial charge is 0.352 e. The lowest BCUT2D eigenvalue weighted by Gasteiger charge is -2.08. The van der Waals surface area contributed by atoms with Crippen molar-refractivity contribution in [2.45, 2.75) is 26.4 Å². The monoisotopic (exact) mass is 450 g/mol. The third-order valence-corrected chi connectivity index (χ3v) is 6.55. The predicted molar refractivity (Wildman–Crippen MR) is 125 cm³/mol. The molecule has 0 unspecified atom stereocenters. The maximum absolute atomic E-state index is 13.2. The molecule has 5 aromatic rings. The third kappa shape index (κ3) is 3.49. The topological polar surface area (TPSA) is 61.3 Å². The van der Waals surface area contributed by atoms with Gasteiger partial charge in [-0.25, -0.2) is 13.9 Å². The van der Waals surface area contributed by atoms with Crippen molar-refractivity contribution in [3.05, 3.63) is 103 Å². The fourth-order valence-corrected chi connectivity index (χ4v) is 4.66. The van der Waals surface area contributed by atoms with E-state index in [0.717, 1.165) is 17.5 Å². The normalized spacial score (nSPS) is 11.5. The third-order valence-electron chi connectivity index (χ3n) is 5.41. The van der Waals surface area contributed by atoms with Crippen LogP contribution in [0, 0.1) is 0 Å². The van der Waals surface area contributed by atoms with E-state index in [0.29, 0.717) is 34.1 Å². The lowest BCUT2D eigenvalue weighted by Crippen LogP contribution is -2.26. The average molecular weight is 451 g/mol. The number of aromatic nitrogens is 4. The molecule has 3 heterocycles. The smallest absolute Gasteiger partial charge is 0.271 e. The van der Waals surface area contributed by atoms with Gasteiger partial charge in [-0.05, 0) is 46.7 Å². The Kier molecular flexibility index (Phi) is 5.00. The lowest BCUT2D eigenvalue weighted by atomic mass is 10.1. The van der Waals surface area contributed by atoms with Crippen LogP contribution in [-0.4, -0.2) is 18.7 Å². The van der Waals surface area contributed by atoms with Crippen LogP contribution in [0.4, 0.5) is 0 Å². The summed E-state index contributed by atoms with van der Waals surface area (Å²) in [6, 6.07) is 17.2. The SMILES string of the molecule is CCc1ccc(Cn2c(=O)c3sccc3n3c(=O)n(Cc4ccc(Cl)cc4)nc23)cc1. The predicted octanol–water partition coefficient (Wildman–Crippen LogP) is 4.18. The van der Waals surface area contributed by atoms with E-state index in [4.69, 9.17) is 11.6 Å². The molecule has 0 aliphatic carbocycles. The molecule has 31 heavy (non-hydrogen) atoms. The Balaban J connectivity index is 1.68. The maximum Gasteiger partial charge on any atom is 0.352 e. The second-order valence-electron chi connectivity index (χ2n) is 7.40. The summed E-state index contributed by atoms with van der Waals surface area (Å²) in [6.45, 7) is 2.74. The Labute approximate surface area is 186 Å². The molecular formula is C23H19ClN4O2S. The molecule has 0 N–H and O–H groups in total. The van der Waals surface area contributed by atoms with Gasteiger partial charge < -0.3 is 0 Å². The summed E-state index contributed by atoms with van der Waals surface area (Å²) in [5, 5.41) is 7.01. The highest BCUT2D eigenvalue weighted by Gasteiger charge is 2.18. The summed E-state index contributed by atoms with van der Waals surface area (Å²) in [7, 11) is 0. The van der Waals surface area contributed by atoms with E-state index in [1.165, 1.54) is 26.0 Å². The Bertz CT molecular complexity index is 1510. The minimum atomic E-state index is -0.275. The first-order valence-electron chi connectivity index (χ1n) is 9.97. The molecule has 6 nitrogen and oxygen atoms in total. The van der Waals surface area contributed by atoms with Crippen molar-refractivity contribution in [3.8, 4) is 0 Å². The number of thiophene rings is 1. The minimum absolute atomic E-state index is 0.138. The molecule has 0 aliphatic rings. The van der Waals surface area contributed by atoms with E-state index in [-0.39, 0.29) is 11.2 Å². The lowest BCUT2D eigenvalue weighted by molar-refractivity contribution is 0.654. The Hall–Kier alpha value is -3.16. The Morgan fingerprint density at radius 1 is 0.903 bits per heavy atom. The van der Waals surface area contributed by atoms with Crippen LogP contribution in [0.1, 0.15) is 23.6 Å². The van der Waals surface area contributed by atoms with Crippen LogP contribution in [0.25, 0.3) is 16.0 Å². The van der Waals surface area contributed by atoms with E-state index in [1.807, 2.05) is 29.6 Å². The van der Waals surface area contributed by atoms with Gasteiger partial charge in [0.15, 0.2) is 0 Å². The highest BCUT2D eigenvalue weighted by Crippen LogP contribution is 2.18. The fourth-order valence-electron chi connectivity index (χ4n) is 3.71. The van der Waals surface area contributed by atoms with Gasteiger partial charge in [0.25, 0.3) is 5.56 Å². The molecule has 3 aromatic heterocycles. The number of nitrogens with zero attached hydrogens (tertiary/aromatic N) is 4. The van der Waals surface area contributed by atoms with Crippen LogP contribution in [0.15, 0.2) is 69.6 Å². The quantitative estimate of drug-likeness (QED) is 0.403. The molecule has 0 bridgehead atoms. The average Bonchev–Trinajstić information content (AvgIpc) is 3.38. The standard InChI is InChI=1S/C23H19ClN4O2S/c1-2-15-3-5-16(6-4-15)13-26-21(29)20-19(11-12-31-20)28-22(26)25-27(23(28)30)14-17-7-9-18(24)10-8-17/h3-12H,2,13-14H2,1H3. The minimum Gasteiger partial charge on any atom is -0.271 e. The van der Waals surface area contributed by atoms with Crippen LogP contribution >= 0.6 is 22.9 Å². The molecule has 0 fully saturated rings. The first kappa shape index (κ1) is 19.8. The van der Waals surface area contributed by atoms with Crippen molar-refractivity contribution >= 4 is 38.9 Å². The summed E-state index contributed by atoms with van der Waals surface area (Å²) in [5.41, 5.74) is 3.30. The number of halogens is 1. The first-order chi connectivity index (χ1) is 15.0. The van der Waals surface area contributed by atoms with E-state index in [2.05, 4.69) is 24.2 Å². The van der Waals surface area contributed by atoms with Gasteiger partial charge >= 0.3 is 5.69 Å². The Morgan fingerprint density at radius 2 is 1.55 bits per heavy atom. The zero-order valence-electron chi connectivity index (χ0n) is 16.8. The van der Waals surface area contributed by atoms with Crippen molar-refractivity contribution in [2.75, 3.05) is 0 Å². The van der Waals surface area contributed by atoms with E-state index in [1.54, 1.807) is 22.8 Å². The zero-order chi connectivity index (χ0) is 21.5. The van der Waals surface area contributed by atoms with E-state index in [9.17, 15) is 9.59 Å². The summed E-state index contributed by atoms with van der Waals surface area (Å²) in [4.78, 5) is 26.5. The summed E-state index contributed by atoms with van der Waals surface area (Å²) in [6.07, 6.45) is 0.954. The first-order valence-corrected chi connectivity index (χ1v) is 11.2. The van der Waals surface area contributed by atoms with Crippen molar-refractivity contribution < 1.29 is 0 Å². The second-order valence-corrected chi connectivity index (χ2v) is 8.75. The highest BCUT2D eigenvalue weighted by molar-refractivity contribution is 7.17. The molecular weight excluding hydrogens is 432 g/mol. The molecule has 0 atom stereocenters. The summed E-state index contributed by atoms with van der Waals surface area (Å²) < 4.78 is 5.06. The van der Waals surface area contributed by atoms with Gasteiger partial charge in [0.05, 0.1) is 18.6 Å². The highest BCUT2D eigenvalue weighted by atomic mass is 35.5. The van der Waals surface area contributed by atoms with Gasteiger partial charge in [0, 0.05) is 5.02 Å². The van der Waals surface area contributed by atoms with Crippen molar-refractivity contribution in [1.82, 2.24) is 18.7 Å². The fraction of sp³-hybridized carbons (Fsp3) is 0.174. The van der Waals surface area contributed by atoms with Gasteiger partial charge in [0.1, 0.15) is 4.70 Å². The number of hydrogen-bond donors (Lipinski definition) is 0. The van der Waals surface area contributed by atoms with Gasteiger partial charge in [-0.3, -0.25) is 9.36 Å². The van der Waals surface area contributed by atoms with Gasteiger partial charge in [-0.2, -0.15) is 0 Å². The van der Waals surface area contributed by atoms with Gasteiger partial charge in [-0.1, -0.05) is 54.9 Å². The number of fused-ring (bicyclic) bond motifs is 3. The second kappa shape index (κ2) is 7.83. The molecule has 0 aliphatic heterocycles. The number of rotatable bonds is 5. The zero-order valence-corrected chi connectivity index (χ0v) is 18.4. The van der Waals surface area contributed by atoms with E-state index < -0.39 is 0 Å². The number of benzene rings is 2. The maximum atomic E-state index is 13.2. The van der Waals surface area contributed by atoms with Crippen LogP contribution in [-0.2, 0) is 19.5 Å². The molecule has 156 valence electrons. The summed E-state index contributed by atoms with van der Waals surface area (Å²) >= 11 is 7.31. The molecule has 8 heteroatoms. The van der Waals surface area contributed by atoms with Crippen molar-refractivity contribution in [3.63, 3.8) is 0 Å². The Morgan fingerprint density at radius 3 is 2.26 bits per heavy atom. The van der Waals surface area contributed by atoms with Crippen LogP contribution in [0.5, 0.6) is 0 Å². The van der Waals surface area contributed by atoms with Crippen LogP contribution in [0.3, 0.4) is 0 Å². The molecule has 0 radical (unpaired) electrons. The van der Waals surface area contributed by atoms with Crippen molar-refractivity contribution in [1.29, 1.82) is 0 Å². The number of hydrogen-bond acceptors (Lipinski definition) is 4.